The second-order valence-corrected chi connectivity index (χ2v) is 9.34. The quantitative estimate of drug-likeness (QED) is 0.277. The summed E-state index contributed by atoms with van der Waals surface area (Å²) < 4.78 is 17.3. The smallest absolute Gasteiger partial charge is 0.135 e. The first-order chi connectivity index (χ1) is 18.1. The molecule has 3 rings (SSSR count). The van der Waals surface area contributed by atoms with Crippen molar-refractivity contribution in [1.82, 2.24) is 19.4 Å². The summed E-state index contributed by atoms with van der Waals surface area (Å²) in [4.78, 5) is 10.9. The Morgan fingerprint density at radius 2 is 1.89 bits per heavy atom. The number of nitrogens with one attached hydrogen (secondary N) is 2. The molecule has 0 aliphatic rings. The van der Waals surface area contributed by atoms with E-state index in [9.17, 15) is 0 Å². The van der Waals surface area contributed by atoms with Gasteiger partial charge in [0, 0.05) is 54.1 Å². The van der Waals surface area contributed by atoms with Crippen molar-refractivity contribution >= 4 is 22.7 Å². The SMILES string of the molecule is C=C/C(=C\C(=C/C)c1cc(C(=C)C(=C)Nc2nccc(-n3cnc(C)c3)c2C)c(NC)cc1F)CN(C)C. The van der Waals surface area contributed by atoms with Gasteiger partial charge in [0.1, 0.15) is 11.6 Å². The van der Waals surface area contributed by atoms with Crippen LogP contribution in [0.15, 0.2) is 86.2 Å². The average Bonchev–Trinajstić information content (AvgIpc) is 3.32. The van der Waals surface area contributed by atoms with Gasteiger partial charge in [-0.2, -0.15) is 0 Å². The van der Waals surface area contributed by atoms with Crippen LogP contribution >= 0.6 is 0 Å². The third kappa shape index (κ3) is 6.36. The maximum atomic E-state index is 15.3. The highest BCUT2D eigenvalue weighted by Crippen LogP contribution is 2.34. The number of likely N-dealkylation sites (N-methyl/N-ethyl adjacent to an activating group) is 1. The lowest BCUT2D eigenvalue weighted by atomic mass is 9.94. The van der Waals surface area contributed by atoms with Crippen LogP contribution in [-0.2, 0) is 0 Å². The largest absolute Gasteiger partial charge is 0.388 e. The van der Waals surface area contributed by atoms with Gasteiger partial charge >= 0.3 is 0 Å². The highest BCUT2D eigenvalue weighted by molar-refractivity contribution is 5.89. The first-order valence-corrected chi connectivity index (χ1v) is 12.4. The van der Waals surface area contributed by atoms with Crippen LogP contribution in [0.1, 0.15) is 29.3 Å². The van der Waals surface area contributed by atoms with Crippen LogP contribution in [-0.4, -0.2) is 47.1 Å². The van der Waals surface area contributed by atoms with E-state index in [-0.39, 0.29) is 5.82 Å². The summed E-state index contributed by atoms with van der Waals surface area (Å²) in [6.07, 6.45) is 11.1. The van der Waals surface area contributed by atoms with Gasteiger partial charge in [0.2, 0.25) is 0 Å². The molecular weight excluding hydrogens is 475 g/mol. The molecule has 2 N–H and O–H groups in total. The molecule has 0 atom stereocenters. The van der Waals surface area contributed by atoms with Crippen LogP contribution in [0.4, 0.5) is 15.9 Å². The predicted molar refractivity (Wildman–Crippen MR) is 159 cm³/mol. The molecule has 6 nitrogen and oxygen atoms in total. The molecule has 3 aromatic rings. The molecule has 0 saturated carbocycles. The average molecular weight is 513 g/mol. The molecule has 198 valence electrons. The Balaban J connectivity index is 1.97. The van der Waals surface area contributed by atoms with E-state index in [2.05, 4.69) is 40.3 Å². The summed E-state index contributed by atoms with van der Waals surface area (Å²) in [5.74, 6) is 0.327. The van der Waals surface area contributed by atoms with Gasteiger partial charge < -0.3 is 20.1 Å². The second kappa shape index (κ2) is 12.3. The molecule has 0 aliphatic carbocycles. The van der Waals surface area contributed by atoms with Crippen molar-refractivity contribution < 1.29 is 4.39 Å². The van der Waals surface area contributed by atoms with Gasteiger partial charge in [-0.3, -0.25) is 0 Å². The zero-order valence-electron chi connectivity index (χ0n) is 23.2. The molecule has 0 fully saturated rings. The Morgan fingerprint density at radius 3 is 2.47 bits per heavy atom. The lowest BCUT2D eigenvalue weighted by Crippen LogP contribution is -2.14. The lowest BCUT2D eigenvalue weighted by molar-refractivity contribution is 0.449. The molecule has 0 amide bonds. The highest BCUT2D eigenvalue weighted by Gasteiger charge is 2.17. The van der Waals surface area contributed by atoms with Crippen LogP contribution in [0, 0.1) is 19.7 Å². The maximum Gasteiger partial charge on any atom is 0.135 e. The minimum atomic E-state index is -0.331. The van der Waals surface area contributed by atoms with Crippen LogP contribution in [0.25, 0.3) is 16.8 Å². The number of anilines is 2. The Kier molecular flexibility index (Phi) is 9.20. The maximum absolute atomic E-state index is 15.3. The Labute approximate surface area is 225 Å². The van der Waals surface area contributed by atoms with Crippen molar-refractivity contribution in [1.29, 1.82) is 0 Å². The number of halogens is 1. The Hall–Kier alpha value is -4.23. The number of aryl methyl sites for hydroxylation is 1. The number of aromatic nitrogens is 3. The summed E-state index contributed by atoms with van der Waals surface area (Å²) in [5, 5.41) is 6.40. The predicted octanol–water partition coefficient (Wildman–Crippen LogP) is 6.78. The van der Waals surface area contributed by atoms with Crippen molar-refractivity contribution in [2.24, 2.45) is 0 Å². The fourth-order valence-corrected chi connectivity index (χ4v) is 4.17. The lowest BCUT2D eigenvalue weighted by Gasteiger charge is -2.19. The molecule has 0 radical (unpaired) electrons. The number of pyridine rings is 1. The molecule has 2 heterocycles. The third-order valence-electron chi connectivity index (χ3n) is 6.22. The highest BCUT2D eigenvalue weighted by atomic mass is 19.1. The van der Waals surface area contributed by atoms with E-state index < -0.39 is 0 Å². The van der Waals surface area contributed by atoms with Gasteiger partial charge in [-0.05, 0) is 69.8 Å². The van der Waals surface area contributed by atoms with Gasteiger partial charge in [-0.1, -0.05) is 38.0 Å². The minimum absolute atomic E-state index is 0.331. The monoisotopic (exact) mass is 512 g/mol. The number of nitrogens with zero attached hydrogens (tertiary/aromatic N) is 4. The molecule has 0 bridgehead atoms. The van der Waals surface area contributed by atoms with E-state index in [1.54, 1.807) is 25.6 Å². The van der Waals surface area contributed by atoms with Gasteiger partial charge in [-0.25, -0.2) is 14.4 Å². The van der Waals surface area contributed by atoms with Crippen molar-refractivity contribution in [2.75, 3.05) is 38.3 Å². The number of hydrogen-bond acceptors (Lipinski definition) is 5. The number of imidazole rings is 1. The molecule has 0 aliphatic heterocycles. The summed E-state index contributed by atoms with van der Waals surface area (Å²) >= 11 is 0. The molecule has 0 unspecified atom stereocenters. The number of hydrogen-bond donors (Lipinski definition) is 2. The first kappa shape index (κ1) is 28.3. The minimum Gasteiger partial charge on any atom is -0.388 e. The van der Waals surface area contributed by atoms with Crippen LogP contribution in [0.3, 0.4) is 0 Å². The number of allylic oxidation sites excluding steroid dienone is 4. The van der Waals surface area contributed by atoms with Crippen LogP contribution < -0.4 is 10.6 Å². The fourth-order valence-electron chi connectivity index (χ4n) is 4.17. The number of benzene rings is 1. The zero-order chi connectivity index (χ0) is 28.0. The van der Waals surface area contributed by atoms with E-state index in [1.807, 2.05) is 74.8 Å². The van der Waals surface area contributed by atoms with Crippen LogP contribution in [0.2, 0.25) is 0 Å². The van der Waals surface area contributed by atoms with Gasteiger partial charge in [0.25, 0.3) is 0 Å². The van der Waals surface area contributed by atoms with Gasteiger partial charge in [0.15, 0.2) is 0 Å². The molecule has 1 aromatic carbocycles. The van der Waals surface area contributed by atoms with Crippen molar-refractivity contribution in [3.05, 3.63) is 114 Å². The molecule has 2 aromatic heterocycles. The fraction of sp³-hybridized carbons (Fsp3) is 0.226. The van der Waals surface area contributed by atoms with E-state index in [4.69, 9.17) is 0 Å². The van der Waals surface area contributed by atoms with E-state index >= 15 is 4.39 Å². The molecule has 0 spiro atoms. The first-order valence-electron chi connectivity index (χ1n) is 12.4. The summed E-state index contributed by atoms with van der Waals surface area (Å²) in [6.45, 7) is 19.0. The summed E-state index contributed by atoms with van der Waals surface area (Å²) in [6, 6.07) is 5.24. The number of rotatable bonds is 11. The second-order valence-electron chi connectivity index (χ2n) is 9.34. The zero-order valence-corrected chi connectivity index (χ0v) is 23.2. The molecule has 7 heteroatoms. The van der Waals surface area contributed by atoms with Crippen molar-refractivity contribution in [3.8, 4) is 5.69 Å². The van der Waals surface area contributed by atoms with Gasteiger partial charge in [-0.15, -0.1) is 0 Å². The molecule has 38 heavy (non-hydrogen) atoms. The topological polar surface area (TPSA) is 58.0 Å². The van der Waals surface area contributed by atoms with Crippen molar-refractivity contribution in [2.45, 2.75) is 20.8 Å². The standard InChI is InChI=1S/C31H37FN6/c1-10-24(18-37(8)9)14-25(11-2)27-15-26(29(33-7)16-28(27)32)21(4)23(6)36-31-22(5)30(12-13-34-31)38-17-20(3)35-19-38/h10-17,19,33H,1,4,6,18H2,2-3,5,7-9H3,(H,34,36)/b24-14+,25-11+. The van der Waals surface area contributed by atoms with Crippen LogP contribution in [0.5, 0.6) is 0 Å². The van der Waals surface area contributed by atoms with E-state index in [0.717, 1.165) is 33.7 Å². The van der Waals surface area contributed by atoms with E-state index in [0.29, 0.717) is 34.9 Å². The summed E-state index contributed by atoms with van der Waals surface area (Å²) in [7, 11) is 5.73. The molecule has 0 saturated heterocycles. The normalized spacial score (nSPS) is 12.0. The van der Waals surface area contributed by atoms with Gasteiger partial charge in [0.05, 0.1) is 17.7 Å². The Morgan fingerprint density at radius 1 is 1.16 bits per heavy atom. The third-order valence-corrected chi connectivity index (χ3v) is 6.22. The molecular formula is C31H37FN6. The van der Waals surface area contributed by atoms with Crippen molar-refractivity contribution in [3.63, 3.8) is 0 Å². The Bertz CT molecular complexity index is 1420. The summed E-state index contributed by atoms with van der Waals surface area (Å²) in [5.41, 5.74) is 7.58. The van der Waals surface area contributed by atoms with E-state index in [1.165, 1.54) is 6.07 Å².